The van der Waals surface area contributed by atoms with Crippen molar-refractivity contribution in [3.05, 3.63) is 78.2 Å². The van der Waals surface area contributed by atoms with E-state index in [0.717, 1.165) is 12.1 Å². The van der Waals surface area contributed by atoms with Crippen molar-refractivity contribution in [1.82, 2.24) is 9.38 Å². The molecule has 124 valence electrons. The fraction of sp³-hybridized carbons (Fsp3) is 0.100. The van der Waals surface area contributed by atoms with Crippen molar-refractivity contribution in [2.45, 2.75) is 13.3 Å². The van der Waals surface area contributed by atoms with Crippen LogP contribution in [-0.4, -0.2) is 15.3 Å². The predicted molar refractivity (Wildman–Crippen MR) is 96.7 cm³/mol. The third-order valence-corrected chi connectivity index (χ3v) is 4.14. The molecule has 0 aliphatic rings. The van der Waals surface area contributed by atoms with E-state index in [-0.39, 0.29) is 5.91 Å². The van der Waals surface area contributed by atoms with Gasteiger partial charge in [-0.15, -0.1) is 0 Å². The van der Waals surface area contributed by atoms with Crippen LogP contribution in [0.1, 0.15) is 22.8 Å². The summed E-state index contributed by atoms with van der Waals surface area (Å²) in [4.78, 5) is 17.3. The van der Waals surface area contributed by atoms with Crippen LogP contribution in [0.4, 0.5) is 5.82 Å². The number of nitrogens with one attached hydrogen (secondary N) is 1. The number of carbonyl (C=O) groups excluding carboxylic acids is 1. The normalized spacial score (nSPS) is 10.9. The molecule has 5 nitrogen and oxygen atoms in total. The Morgan fingerprint density at radius 1 is 1.12 bits per heavy atom. The average Bonchev–Trinajstić information content (AvgIpc) is 3.30. The number of nitrogens with zero attached hydrogens (tertiary/aromatic N) is 2. The average molecular weight is 331 g/mol. The number of hydrogen-bond donors (Lipinski definition) is 1. The number of aryl methyl sites for hydroxylation is 1. The maximum absolute atomic E-state index is 12.7. The number of carbonyl (C=O) groups is 1. The van der Waals surface area contributed by atoms with Crippen molar-refractivity contribution in [3.63, 3.8) is 0 Å². The number of hydrogen-bond acceptors (Lipinski definition) is 3. The second-order valence-electron chi connectivity index (χ2n) is 5.72. The largest absolute Gasteiger partial charge is 0.463 e. The van der Waals surface area contributed by atoms with Gasteiger partial charge in [-0.05, 0) is 48.4 Å². The zero-order valence-electron chi connectivity index (χ0n) is 13.8. The Bertz CT molecular complexity index is 1010. The van der Waals surface area contributed by atoms with Crippen molar-refractivity contribution in [2.75, 3.05) is 5.32 Å². The molecule has 0 saturated heterocycles. The molecular formula is C20H17N3O2. The molecule has 0 unspecified atom stereocenters. The lowest BCUT2D eigenvalue weighted by Gasteiger charge is -2.07. The van der Waals surface area contributed by atoms with Crippen LogP contribution in [0.2, 0.25) is 0 Å². The lowest BCUT2D eigenvalue weighted by Crippen LogP contribution is -2.14. The Labute approximate surface area is 144 Å². The Balaban J connectivity index is 1.74. The Morgan fingerprint density at radius 3 is 2.68 bits per heavy atom. The highest BCUT2D eigenvalue weighted by molar-refractivity contribution is 6.05. The minimum atomic E-state index is -0.180. The maximum Gasteiger partial charge on any atom is 0.256 e. The maximum atomic E-state index is 12.7. The van der Waals surface area contributed by atoms with E-state index in [4.69, 9.17) is 4.42 Å². The monoisotopic (exact) mass is 331 g/mol. The molecule has 4 aromatic rings. The number of rotatable bonds is 4. The third kappa shape index (κ3) is 2.80. The zero-order valence-corrected chi connectivity index (χ0v) is 13.8. The summed E-state index contributed by atoms with van der Waals surface area (Å²) in [7, 11) is 0. The molecule has 0 bridgehead atoms. The first-order chi connectivity index (χ1) is 12.3. The van der Waals surface area contributed by atoms with E-state index in [9.17, 15) is 4.79 Å². The number of benzene rings is 1. The van der Waals surface area contributed by atoms with Gasteiger partial charge in [0.05, 0.1) is 6.26 Å². The zero-order chi connectivity index (χ0) is 17.2. The van der Waals surface area contributed by atoms with Gasteiger partial charge in [-0.2, -0.15) is 0 Å². The van der Waals surface area contributed by atoms with Crippen molar-refractivity contribution in [1.29, 1.82) is 0 Å². The number of aromatic nitrogens is 2. The van der Waals surface area contributed by atoms with Crippen molar-refractivity contribution in [3.8, 4) is 11.5 Å². The van der Waals surface area contributed by atoms with Gasteiger partial charge in [0.15, 0.2) is 5.76 Å². The van der Waals surface area contributed by atoms with Crippen LogP contribution in [0.15, 0.2) is 71.5 Å². The van der Waals surface area contributed by atoms with Crippen molar-refractivity contribution < 1.29 is 9.21 Å². The fourth-order valence-electron chi connectivity index (χ4n) is 2.77. The molecule has 0 atom stereocenters. The first-order valence-electron chi connectivity index (χ1n) is 8.17. The number of fused-ring (bicyclic) bond motifs is 1. The standard InChI is InChI=1S/C20H17N3O2/c1-2-14-8-10-15(11-9-14)20(24)22-19-18(16-6-5-13-25-16)21-17-7-3-4-12-23(17)19/h3-13H,2H2,1H3,(H,22,24). The molecular weight excluding hydrogens is 314 g/mol. The number of amides is 1. The van der Waals surface area contributed by atoms with Crippen LogP contribution in [0.5, 0.6) is 0 Å². The quantitative estimate of drug-likeness (QED) is 0.602. The molecule has 1 aromatic carbocycles. The molecule has 5 heteroatoms. The molecule has 0 radical (unpaired) electrons. The molecule has 0 spiro atoms. The summed E-state index contributed by atoms with van der Waals surface area (Å²) < 4.78 is 7.32. The summed E-state index contributed by atoms with van der Waals surface area (Å²) in [6, 6.07) is 16.9. The van der Waals surface area contributed by atoms with Crippen LogP contribution >= 0.6 is 0 Å². The van der Waals surface area contributed by atoms with Crippen LogP contribution in [0.25, 0.3) is 17.1 Å². The predicted octanol–water partition coefficient (Wildman–Crippen LogP) is 4.41. The van der Waals surface area contributed by atoms with E-state index in [1.54, 1.807) is 12.3 Å². The molecule has 0 aliphatic carbocycles. The lowest BCUT2D eigenvalue weighted by molar-refractivity contribution is 0.102. The second-order valence-corrected chi connectivity index (χ2v) is 5.72. The smallest absolute Gasteiger partial charge is 0.256 e. The van der Waals surface area contributed by atoms with Gasteiger partial charge in [0, 0.05) is 11.8 Å². The van der Waals surface area contributed by atoms with E-state index in [1.807, 2.05) is 59.1 Å². The highest BCUT2D eigenvalue weighted by atomic mass is 16.3. The van der Waals surface area contributed by atoms with E-state index >= 15 is 0 Å². The summed E-state index contributed by atoms with van der Waals surface area (Å²) in [6.07, 6.45) is 4.40. The molecule has 0 fully saturated rings. The molecule has 1 N–H and O–H groups in total. The van der Waals surface area contributed by atoms with E-state index in [0.29, 0.717) is 22.8 Å². The van der Waals surface area contributed by atoms with Gasteiger partial charge < -0.3 is 9.73 Å². The Hall–Kier alpha value is -3.34. The van der Waals surface area contributed by atoms with Gasteiger partial charge in [-0.25, -0.2) is 4.98 Å². The first-order valence-corrected chi connectivity index (χ1v) is 8.17. The highest BCUT2D eigenvalue weighted by Gasteiger charge is 2.18. The van der Waals surface area contributed by atoms with Gasteiger partial charge >= 0.3 is 0 Å². The van der Waals surface area contributed by atoms with Gasteiger partial charge in [0.1, 0.15) is 17.2 Å². The number of anilines is 1. The summed E-state index contributed by atoms with van der Waals surface area (Å²) in [5, 5.41) is 2.98. The second kappa shape index (κ2) is 6.28. The van der Waals surface area contributed by atoms with Crippen LogP contribution < -0.4 is 5.32 Å². The van der Waals surface area contributed by atoms with E-state index in [2.05, 4.69) is 17.2 Å². The van der Waals surface area contributed by atoms with Gasteiger partial charge in [-0.3, -0.25) is 9.20 Å². The summed E-state index contributed by atoms with van der Waals surface area (Å²) in [5.74, 6) is 1.02. The molecule has 0 saturated carbocycles. The molecule has 0 aliphatic heterocycles. The summed E-state index contributed by atoms with van der Waals surface area (Å²) in [6.45, 7) is 2.09. The minimum absolute atomic E-state index is 0.180. The Morgan fingerprint density at radius 2 is 1.96 bits per heavy atom. The molecule has 3 aromatic heterocycles. The minimum Gasteiger partial charge on any atom is -0.463 e. The van der Waals surface area contributed by atoms with Crippen LogP contribution in [0.3, 0.4) is 0 Å². The highest BCUT2D eigenvalue weighted by Crippen LogP contribution is 2.29. The van der Waals surface area contributed by atoms with E-state index < -0.39 is 0 Å². The Kier molecular flexibility index (Phi) is 3.82. The third-order valence-electron chi connectivity index (χ3n) is 4.14. The van der Waals surface area contributed by atoms with Crippen molar-refractivity contribution in [2.24, 2.45) is 0 Å². The van der Waals surface area contributed by atoms with Crippen LogP contribution in [-0.2, 0) is 6.42 Å². The van der Waals surface area contributed by atoms with Crippen molar-refractivity contribution >= 4 is 17.4 Å². The molecule has 25 heavy (non-hydrogen) atoms. The molecule has 3 heterocycles. The van der Waals surface area contributed by atoms with Gasteiger partial charge in [-0.1, -0.05) is 25.1 Å². The number of imidazole rings is 1. The topological polar surface area (TPSA) is 59.5 Å². The van der Waals surface area contributed by atoms with E-state index in [1.165, 1.54) is 5.56 Å². The molecule has 4 rings (SSSR count). The lowest BCUT2D eigenvalue weighted by atomic mass is 10.1. The van der Waals surface area contributed by atoms with Gasteiger partial charge in [0.25, 0.3) is 5.91 Å². The van der Waals surface area contributed by atoms with Gasteiger partial charge in [0.2, 0.25) is 0 Å². The molecule has 1 amide bonds. The number of furan rings is 1. The summed E-state index contributed by atoms with van der Waals surface area (Å²) >= 11 is 0. The SMILES string of the molecule is CCc1ccc(C(=O)Nc2c(-c3ccco3)nc3ccccn23)cc1. The number of pyridine rings is 1. The first kappa shape index (κ1) is 15.2. The summed E-state index contributed by atoms with van der Waals surface area (Å²) in [5.41, 5.74) is 3.15. The fourth-order valence-corrected chi connectivity index (χ4v) is 2.77. The van der Waals surface area contributed by atoms with Crippen LogP contribution in [0, 0.1) is 0 Å².